The molecular weight excluding hydrogens is 392 g/mol. The van der Waals surface area contributed by atoms with Gasteiger partial charge in [-0.15, -0.1) is 0 Å². The monoisotopic (exact) mass is 436 g/mol. The molecule has 0 bridgehead atoms. The Morgan fingerprint density at radius 2 is 1.50 bits per heavy atom. The number of hydrogen-bond acceptors (Lipinski definition) is 7. The van der Waals surface area contributed by atoms with E-state index in [1.54, 1.807) is 0 Å². The number of likely N-dealkylation sites (N-methyl/N-ethyl adjacent to an activating group) is 1. The van der Waals surface area contributed by atoms with Crippen LogP contribution in [0.4, 0.5) is 0 Å². The summed E-state index contributed by atoms with van der Waals surface area (Å²) in [6.07, 6.45) is 7.20. The molecule has 0 aliphatic carbocycles. The van der Waals surface area contributed by atoms with Crippen LogP contribution >= 0.6 is 0 Å². The largest absolute Gasteiger partial charge is 0.483 e. The summed E-state index contributed by atoms with van der Waals surface area (Å²) in [6.45, 7) is 11.1. The zero-order valence-electron chi connectivity index (χ0n) is 19.7. The number of unbranched alkanes of at least 4 members (excludes halogenated alkanes) is 3. The number of rotatable bonds is 13. The topological polar surface area (TPSA) is 139 Å². The van der Waals surface area contributed by atoms with Crippen molar-refractivity contribution in [1.82, 2.24) is 10.6 Å². The maximum absolute atomic E-state index is 10.8. The number of nitrogens with one attached hydrogen (secondary N) is 2. The third kappa shape index (κ3) is 72.5. The molecule has 0 saturated heterocycles. The highest BCUT2D eigenvalue weighted by Crippen LogP contribution is 1.97. The van der Waals surface area contributed by atoms with Gasteiger partial charge in [0.05, 0.1) is 6.61 Å². The van der Waals surface area contributed by atoms with Gasteiger partial charge in [-0.2, -0.15) is 0 Å². The van der Waals surface area contributed by atoms with Crippen LogP contribution in [0.25, 0.3) is 0 Å². The van der Waals surface area contributed by atoms with E-state index in [-0.39, 0.29) is 24.8 Å². The number of aldehydes is 1. The third-order valence-electron chi connectivity index (χ3n) is 2.73. The van der Waals surface area contributed by atoms with Crippen LogP contribution in [0, 0.1) is 0 Å². The maximum atomic E-state index is 10.8. The molecule has 0 spiro atoms. The number of Topliss-reactive ketones (excluding diaryl/α,β-unsaturated/α-hetero) is 1. The number of ether oxygens (including phenoxy) is 1. The molecular formula is C21H44N2O7. The van der Waals surface area contributed by atoms with Crippen LogP contribution < -0.4 is 10.6 Å². The van der Waals surface area contributed by atoms with Crippen molar-refractivity contribution in [2.75, 3.05) is 26.7 Å². The van der Waals surface area contributed by atoms with Crippen molar-refractivity contribution in [1.29, 1.82) is 0 Å². The van der Waals surface area contributed by atoms with Gasteiger partial charge in [-0.25, -0.2) is 0 Å². The second-order valence-electron chi connectivity index (χ2n) is 5.37. The lowest BCUT2D eigenvalue weighted by molar-refractivity contribution is -0.144. The quantitative estimate of drug-likeness (QED) is 0.227. The zero-order valence-corrected chi connectivity index (χ0v) is 19.7. The Morgan fingerprint density at radius 3 is 1.83 bits per heavy atom. The minimum Gasteiger partial charge on any atom is -0.483 e. The van der Waals surface area contributed by atoms with Crippen LogP contribution in [0.15, 0.2) is 0 Å². The van der Waals surface area contributed by atoms with E-state index in [1.165, 1.54) is 6.92 Å². The van der Waals surface area contributed by atoms with Crippen molar-refractivity contribution < 1.29 is 33.8 Å². The summed E-state index contributed by atoms with van der Waals surface area (Å²) in [5, 5.41) is 12.3. The van der Waals surface area contributed by atoms with Gasteiger partial charge in [0.2, 0.25) is 6.41 Å². The summed E-state index contributed by atoms with van der Waals surface area (Å²) in [5.41, 5.74) is 0. The number of carbonyl (C=O) groups is 5. The first kappa shape index (κ1) is 38.3. The summed E-state index contributed by atoms with van der Waals surface area (Å²) in [6, 6.07) is 0. The summed E-state index contributed by atoms with van der Waals surface area (Å²) in [5.74, 6) is -0.142. The molecule has 9 heteroatoms. The zero-order chi connectivity index (χ0) is 24.5. The fraction of sp³-hybridized carbons (Fsp3) is 0.762. The number of carbonyl (C=O) groups excluding carboxylic acids is 4. The number of amides is 1. The van der Waals surface area contributed by atoms with Crippen molar-refractivity contribution in [3.63, 3.8) is 0 Å². The van der Waals surface area contributed by atoms with Crippen molar-refractivity contribution in [3.05, 3.63) is 0 Å². The second-order valence-corrected chi connectivity index (χ2v) is 5.37. The smallest absolute Gasteiger partial charge is 0.305 e. The summed E-state index contributed by atoms with van der Waals surface area (Å²) in [4.78, 5) is 48.8. The highest BCUT2D eigenvalue weighted by atomic mass is 16.5. The predicted molar refractivity (Wildman–Crippen MR) is 119 cm³/mol. The summed E-state index contributed by atoms with van der Waals surface area (Å²) < 4.78 is 4.80. The van der Waals surface area contributed by atoms with Crippen molar-refractivity contribution in [2.45, 2.75) is 79.6 Å². The lowest BCUT2D eigenvalue weighted by Gasteiger charge is -2.01. The molecule has 180 valence electrons. The second kappa shape index (κ2) is 45.4. The molecule has 0 fully saturated rings. The van der Waals surface area contributed by atoms with Gasteiger partial charge in [0, 0.05) is 32.4 Å². The molecule has 0 rings (SSSR count). The van der Waals surface area contributed by atoms with E-state index in [1.807, 2.05) is 27.8 Å². The first-order valence-corrected chi connectivity index (χ1v) is 10.4. The molecule has 0 aliphatic rings. The number of ketones is 1. The van der Waals surface area contributed by atoms with Crippen LogP contribution in [-0.2, 0) is 28.7 Å². The minimum absolute atomic E-state index is 0.0540. The van der Waals surface area contributed by atoms with Crippen molar-refractivity contribution in [3.8, 4) is 0 Å². The van der Waals surface area contributed by atoms with Gasteiger partial charge in [0.15, 0.2) is 0 Å². The van der Waals surface area contributed by atoms with Gasteiger partial charge in [-0.1, -0.05) is 40.5 Å². The Labute approximate surface area is 182 Å². The van der Waals surface area contributed by atoms with E-state index in [9.17, 15) is 19.2 Å². The molecule has 0 aromatic heterocycles. The number of esters is 1. The standard InChI is InChI=1S/C9H16O3.C5H10O.C4H10N2O.C2H6.CH2O2/c1-3-4-5-9(11)12-7-6-8(2)10;1-2-3-4-5-6;1-5-2-3-6-4-7;1-2;2-1-3/h3-7H2,1-2H3;5H,2-4H2,1H3;4-5H,2-3H2,1H3,(H,6,7);1-2H3;1H,(H,2,3). The first-order valence-electron chi connectivity index (χ1n) is 10.4. The van der Waals surface area contributed by atoms with E-state index in [0.717, 1.165) is 44.9 Å². The average molecular weight is 437 g/mol. The van der Waals surface area contributed by atoms with E-state index in [2.05, 4.69) is 17.6 Å². The molecule has 0 radical (unpaired) electrons. The van der Waals surface area contributed by atoms with Crippen LogP contribution in [0.2, 0.25) is 0 Å². The van der Waals surface area contributed by atoms with E-state index < -0.39 is 0 Å². The molecule has 0 unspecified atom stereocenters. The fourth-order valence-electron chi connectivity index (χ4n) is 1.25. The Morgan fingerprint density at radius 1 is 0.967 bits per heavy atom. The van der Waals surface area contributed by atoms with Crippen LogP contribution in [0.5, 0.6) is 0 Å². The van der Waals surface area contributed by atoms with Gasteiger partial charge in [-0.3, -0.25) is 19.2 Å². The SMILES string of the molecule is CC.CCCCC(=O)OCCC(C)=O.CCCCC=O.CNCCNC=O.O=CO. The Hall–Kier alpha value is -2.29. The molecule has 9 nitrogen and oxygen atoms in total. The molecule has 0 heterocycles. The fourth-order valence-corrected chi connectivity index (χ4v) is 1.25. The van der Waals surface area contributed by atoms with E-state index in [0.29, 0.717) is 25.8 Å². The maximum Gasteiger partial charge on any atom is 0.305 e. The normalized spacial score (nSPS) is 7.93. The Bertz CT molecular complexity index is 365. The van der Waals surface area contributed by atoms with E-state index in [4.69, 9.17) is 14.6 Å². The van der Waals surface area contributed by atoms with Crippen LogP contribution in [-0.4, -0.2) is 62.8 Å². The Balaban J connectivity index is -0.0000000992. The summed E-state index contributed by atoms with van der Waals surface area (Å²) in [7, 11) is 1.84. The number of carboxylic acid groups (broad SMARTS) is 1. The average Bonchev–Trinajstić information content (AvgIpc) is 2.74. The van der Waals surface area contributed by atoms with Crippen molar-refractivity contribution in [2.24, 2.45) is 0 Å². The molecule has 1 amide bonds. The molecule has 30 heavy (non-hydrogen) atoms. The minimum atomic E-state index is -0.250. The number of hydrogen-bond donors (Lipinski definition) is 3. The van der Waals surface area contributed by atoms with E-state index >= 15 is 0 Å². The molecule has 3 N–H and O–H groups in total. The van der Waals surface area contributed by atoms with Gasteiger partial charge < -0.3 is 25.3 Å². The highest BCUT2D eigenvalue weighted by molar-refractivity contribution is 5.76. The van der Waals surface area contributed by atoms with Gasteiger partial charge >= 0.3 is 5.97 Å². The van der Waals surface area contributed by atoms with Gasteiger partial charge in [0.25, 0.3) is 6.47 Å². The summed E-state index contributed by atoms with van der Waals surface area (Å²) >= 11 is 0. The molecule has 0 atom stereocenters. The molecule has 0 saturated carbocycles. The first-order chi connectivity index (χ1) is 14.4. The lowest BCUT2D eigenvalue weighted by atomic mass is 10.2. The molecule has 0 aromatic carbocycles. The van der Waals surface area contributed by atoms with Gasteiger partial charge in [-0.05, 0) is 26.8 Å². The van der Waals surface area contributed by atoms with Crippen LogP contribution in [0.3, 0.4) is 0 Å². The van der Waals surface area contributed by atoms with Crippen LogP contribution in [0.1, 0.15) is 79.6 Å². The predicted octanol–water partition coefficient (Wildman–Crippen LogP) is 2.75. The highest BCUT2D eigenvalue weighted by Gasteiger charge is 2.01. The molecule has 0 aromatic rings. The van der Waals surface area contributed by atoms with Crippen molar-refractivity contribution >= 4 is 30.9 Å². The third-order valence-corrected chi connectivity index (χ3v) is 2.73. The Kier molecular flexibility index (Phi) is 58.1. The molecule has 0 aliphatic heterocycles. The lowest BCUT2D eigenvalue weighted by Crippen LogP contribution is -2.23. The van der Waals surface area contributed by atoms with Gasteiger partial charge in [0.1, 0.15) is 12.1 Å².